The zero-order valence-electron chi connectivity index (χ0n) is 9.80. The average molecular weight is 298 g/mol. The quantitative estimate of drug-likeness (QED) is 0.589. The van der Waals surface area contributed by atoms with Crippen molar-refractivity contribution in [1.82, 2.24) is 4.31 Å². The number of carbonyl (C=O) groups excluding carboxylic acids is 1. The Bertz CT molecular complexity index is 579. The molecule has 0 aliphatic rings. The normalized spacial score (nSPS) is 11.2. The van der Waals surface area contributed by atoms with E-state index in [0.717, 1.165) is 22.4 Å². The average Bonchev–Trinajstić information content (AvgIpc) is 2.77. The minimum Gasteiger partial charge on any atom is -0.281 e. The lowest BCUT2D eigenvalue weighted by molar-refractivity contribution is -0.114. The zero-order valence-corrected chi connectivity index (χ0v) is 12.2. The number of halogens is 1. The third-order valence-corrected chi connectivity index (χ3v) is 4.52. The van der Waals surface area contributed by atoms with Crippen molar-refractivity contribution in [3.8, 4) is 0 Å². The Balaban J connectivity index is 2.25. The predicted molar refractivity (Wildman–Crippen MR) is 80.8 cm³/mol. The molecule has 0 bridgehead atoms. The molecule has 0 fully saturated rings. The lowest BCUT2D eigenvalue weighted by Gasteiger charge is -2.12. The molecule has 0 N–H and O–H groups in total. The molecule has 1 heterocycles. The third-order valence-electron chi connectivity index (χ3n) is 2.39. The van der Waals surface area contributed by atoms with Gasteiger partial charge < -0.3 is 0 Å². The van der Waals surface area contributed by atoms with Crippen LogP contribution in [0.3, 0.4) is 0 Å². The van der Waals surface area contributed by atoms with Gasteiger partial charge in [0.05, 0.1) is 6.54 Å². The number of allylic oxidation sites excluding steroid dienone is 1. The van der Waals surface area contributed by atoms with Crippen LogP contribution in [0.1, 0.15) is 12.5 Å². The van der Waals surface area contributed by atoms with E-state index in [1.54, 1.807) is 15.6 Å². The number of hydrogen-bond acceptors (Lipinski definition) is 3. The second kappa shape index (κ2) is 6.27. The summed E-state index contributed by atoms with van der Waals surface area (Å²) >= 11 is 9.07. The van der Waals surface area contributed by atoms with Crippen LogP contribution in [0.4, 0.5) is 0 Å². The summed E-state index contributed by atoms with van der Waals surface area (Å²) in [7, 11) is 0. The Labute approximate surface area is 119 Å². The van der Waals surface area contributed by atoms with Crippen molar-refractivity contribution in [2.45, 2.75) is 13.5 Å². The molecule has 1 aromatic carbocycles. The first-order valence-electron chi connectivity index (χ1n) is 5.40. The molecule has 0 unspecified atom stereocenters. The monoisotopic (exact) mass is 297 g/mol. The van der Waals surface area contributed by atoms with Crippen LogP contribution in [-0.2, 0) is 11.3 Å². The molecular weight excluding hydrogens is 286 g/mol. The van der Waals surface area contributed by atoms with Gasteiger partial charge in [-0.1, -0.05) is 17.7 Å². The third kappa shape index (κ3) is 3.07. The van der Waals surface area contributed by atoms with Crippen LogP contribution in [0.5, 0.6) is 0 Å². The highest BCUT2D eigenvalue weighted by molar-refractivity contribution is 8.00. The van der Waals surface area contributed by atoms with Gasteiger partial charge in [-0.15, -0.1) is 11.3 Å². The van der Waals surface area contributed by atoms with Crippen LogP contribution < -0.4 is 0 Å². The van der Waals surface area contributed by atoms with Crippen molar-refractivity contribution in [2.24, 2.45) is 0 Å². The van der Waals surface area contributed by atoms with Gasteiger partial charge in [0.2, 0.25) is 6.41 Å². The van der Waals surface area contributed by atoms with Gasteiger partial charge in [0, 0.05) is 9.72 Å². The Morgan fingerprint density at radius 3 is 3.06 bits per heavy atom. The minimum absolute atomic E-state index is 0.582. The van der Waals surface area contributed by atoms with Crippen LogP contribution >= 0.6 is 34.9 Å². The molecule has 0 spiro atoms. The van der Waals surface area contributed by atoms with Crippen molar-refractivity contribution in [3.63, 3.8) is 0 Å². The maximum absolute atomic E-state index is 11.0. The van der Waals surface area contributed by atoms with Gasteiger partial charge in [-0.2, -0.15) is 0 Å². The molecule has 18 heavy (non-hydrogen) atoms. The molecule has 0 radical (unpaired) electrons. The molecule has 0 saturated heterocycles. The van der Waals surface area contributed by atoms with Crippen molar-refractivity contribution in [1.29, 1.82) is 0 Å². The predicted octanol–water partition coefficient (Wildman–Crippen LogP) is 4.69. The summed E-state index contributed by atoms with van der Waals surface area (Å²) in [5.41, 5.74) is 1.13. The molecule has 94 valence electrons. The first-order valence-corrected chi connectivity index (χ1v) is 7.49. The van der Waals surface area contributed by atoms with Gasteiger partial charge in [-0.25, -0.2) is 0 Å². The summed E-state index contributed by atoms with van der Waals surface area (Å²) in [5, 5.41) is 5.81. The molecule has 0 saturated carbocycles. The van der Waals surface area contributed by atoms with Crippen LogP contribution in [0.25, 0.3) is 10.1 Å². The molecular formula is C13H12ClNOS2. The number of benzene rings is 1. The van der Waals surface area contributed by atoms with E-state index in [4.69, 9.17) is 11.6 Å². The lowest BCUT2D eigenvalue weighted by Crippen LogP contribution is -2.11. The SMILES string of the molecule is C/C=C\SN(C=O)Cc1csc2ccc(Cl)cc12. The summed E-state index contributed by atoms with van der Waals surface area (Å²) in [6.45, 7) is 2.51. The van der Waals surface area contributed by atoms with Crippen molar-refractivity contribution < 1.29 is 4.79 Å². The van der Waals surface area contributed by atoms with Crippen molar-refractivity contribution >= 4 is 51.4 Å². The van der Waals surface area contributed by atoms with Gasteiger partial charge in [0.15, 0.2) is 0 Å². The van der Waals surface area contributed by atoms with Gasteiger partial charge in [0.25, 0.3) is 0 Å². The van der Waals surface area contributed by atoms with Gasteiger partial charge >= 0.3 is 0 Å². The van der Waals surface area contributed by atoms with Gasteiger partial charge in [0.1, 0.15) is 0 Å². The first kappa shape index (κ1) is 13.5. The molecule has 1 aromatic heterocycles. The smallest absolute Gasteiger partial charge is 0.220 e. The summed E-state index contributed by atoms with van der Waals surface area (Å²) < 4.78 is 2.85. The van der Waals surface area contributed by atoms with E-state index in [0.29, 0.717) is 6.54 Å². The first-order chi connectivity index (χ1) is 8.74. The highest BCUT2D eigenvalue weighted by Crippen LogP contribution is 2.30. The topological polar surface area (TPSA) is 20.3 Å². The summed E-state index contributed by atoms with van der Waals surface area (Å²) in [5.74, 6) is 0. The zero-order chi connectivity index (χ0) is 13.0. The molecule has 2 rings (SSSR count). The van der Waals surface area contributed by atoms with E-state index in [1.807, 2.05) is 36.6 Å². The molecule has 0 aliphatic heterocycles. The number of fused-ring (bicyclic) bond motifs is 1. The number of thiophene rings is 1. The standard InChI is InChI=1S/C13H12ClNOS2/c1-2-5-18-15(9-16)7-10-8-17-13-4-3-11(14)6-12(10)13/h2-6,8-9H,7H2,1H3/b5-2-. The lowest BCUT2D eigenvalue weighted by atomic mass is 10.2. The number of amides is 1. The molecule has 1 amide bonds. The second-order valence-electron chi connectivity index (χ2n) is 3.66. The fraction of sp³-hybridized carbons (Fsp3) is 0.154. The Morgan fingerprint density at radius 1 is 1.50 bits per heavy atom. The summed E-state index contributed by atoms with van der Waals surface area (Å²) in [4.78, 5) is 11.0. The Kier molecular flexibility index (Phi) is 4.69. The van der Waals surface area contributed by atoms with Crippen molar-refractivity contribution in [3.05, 3.63) is 45.6 Å². The fourth-order valence-corrected chi connectivity index (χ4v) is 3.23. The van der Waals surface area contributed by atoms with E-state index in [9.17, 15) is 4.79 Å². The highest BCUT2D eigenvalue weighted by atomic mass is 35.5. The number of nitrogens with zero attached hydrogens (tertiary/aromatic N) is 1. The van der Waals surface area contributed by atoms with Gasteiger partial charge in [-0.05, 0) is 58.8 Å². The molecule has 5 heteroatoms. The summed E-state index contributed by atoms with van der Waals surface area (Å²) in [6, 6.07) is 5.85. The van der Waals surface area contributed by atoms with E-state index >= 15 is 0 Å². The molecule has 2 nitrogen and oxygen atoms in total. The minimum atomic E-state index is 0.582. The largest absolute Gasteiger partial charge is 0.281 e. The van der Waals surface area contributed by atoms with Gasteiger partial charge in [-0.3, -0.25) is 9.10 Å². The van der Waals surface area contributed by atoms with Crippen LogP contribution in [0.15, 0.2) is 35.1 Å². The fourth-order valence-electron chi connectivity index (χ4n) is 1.58. The molecule has 0 aliphatic carbocycles. The van der Waals surface area contributed by atoms with E-state index in [-0.39, 0.29) is 0 Å². The van der Waals surface area contributed by atoms with E-state index < -0.39 is 0 Å². The maximum Gasteiger partial charge on any atom is 0.220 e. The molecule has 0 atom stereocenters. The van der Waals surface area contributed by atoms with E-state index in [2.05, 4.69) is 5.38 Å². The Morgan fingerprint density at radius 2 is 2.33 bits per heavy atom. The molecule has 2 aromatic rings. The van der Waals surface area contributed by atoms with Crippen LogP contribution in [-0.4, -0.2) is 10.7 Å². The second-order valence-corrected chi connectivity index (χ2v) is 5.96. The van der Waals surface area contributed by atoms with Crippen LogP contribution in [0, 0.1) is 0 Å². The Hall–Kier alpha value is -0.970. The van der Waals surface area contributed by atoms with Crippen LogP contribution in [0.2, 0.25) is 5.02 Å². The van der Waals surface area contributed by atoms with E-state index in [1.165, 1.54) is 16.6 Å². The summed E-state index contributed by atoms with van der Waals surface area (Å²) in [6.07, 6.45) is 2.75. The maximum atomic E-state index is 11.0. The number of carbonyl (C=O) groups is 1. The number of hydrogen-bond donors (Lipinski definition) is 0. The number of rotatable bonds is 5. The highest BCUT2D eigenvalue weighted by Gasteiger charge is 2.08. The van der Waals surface area contributed by atoms with Crippen molar-refractivity contribution in [2.75, 3.05) is 0 Å².